The van der Waals surface area contributed by atoms with E-state index in [2.05, 4.69) is 11.4 Å². The van der Waals surface area contributed by atoms with Crippen molar-refractivity contribution in [2.75, 3.05) is 5.32 Å². The largest absolute Gasteiger partial charge is 0.325 e. The molecule has 1 N–H and O–H groups in total. The first-order valence-electron chi connectivity index (χ1n) is 7.34. The van der Waals surface area contributed by atoms with Crippen LogP contribution in [-0.2, 0) is 4.79 Å². The Morgan fingerprint density at radius 3 is 2.43 bits per heavy atom. The highest BCUT2D eigenvalue weighted by molar-refractivity contribution is 8.00. The Morgan fingerprint density at radius 1 is 1.00 bits per heavy atom. The molecule has 0 bridgehead atoms. The van der Waals surface area contributed by atoms with E-state index in [9.17, 15) is 4.79 Å². The first-order valence-corrected chi connectivity index (χ1v) is 8.59. The van der Waals surface area contributed by atoms with Crippen molar-refractivity contribution in [1.82, 2.24) is 0 Å². The van der Waals surface area contributed by atoms with Crippen LogP contribution in [0.1, 0.15) is 6.92 Å². The molecule has 1 amide bonds. The molecule has 3 aromatic rings. The molecule has 0 aliphatic heterocycles. The standard InChI is InChI=1S/C19H16ClNOS/c1-13(23-18-10-7-16(20)8-11-18)19(22)21-17-9-6-14-4-2-3-5-15(14)12-17/h2-13H,1H3,(H,21,22)/t13-/m0/s1. The lowest BCUT2D eigenvalue weighted by Crippen LogP contribution is -2.22. The Balaban J connectivity index is 1.68. The number of nitrogens with one attached hydrogen (secondary N) is 1. The maximum Gasteiger partial charge on any atom is 0.237 e. The molecule has 0 saturated heterocycles. The summed E-state index contributed by atoms with van der Waals surface area (Å²) in [5, 5.41) is 5.76. The number of carbonyl (C=O) groups excluding carboxylic acids is 1. The number of benzene rings is 3. The van der Waals surface area contributed by atoms with Crippen molar-refractivity contribution in [3.8, 4) is 0 Å². The van der Waals surface area contributed by atoms with Crippen molar-refractivity contribution in [3.63, 3.8) is 0 Å². The lowest BCUT2D eigenvalue weighted by molar-refractivity contribution is -0.115. The van der Waals surface area contributed by atoms with Gasteiger partial charge < -0.3 is 5.32 Å². The monoisotopic (exact) mass is 341 g/mol. The summed E-state index contributed by atoms with van der Waals surface area (Å²) in [6, 6.07) is 21.5. The van der Waals surface area contributed by atoms with E-state index in [0.29, 0.717) is 5.02 Å². The molecule has 0 heterocycles. The van der Waals surface area contributed by atoms with Crippen LogP contribution in [0.5, 0.6) is 0 Å². The van der Waals surface area contributed by atoms with Crippen molar-refractivity contribution in [1.29, 1.82) is 0 Å². The molecular formula is C19H16ClNOS. The van der Waals surface area contributed by atoms with Crippen LogP contribution in [-0.4, -0.2) is 11.2 Å². The fourth-order valence-corrected chi connectivity index (χ4v) is 3.28. The predicted octanol–water partition coefficient (Wildman–Crippen LogP) is 5.61. The highest BCUT2D eigenvalue weighted by atomic mass is 35.5. The van der Waals surface area contributed by atoms with Gasteiger partial charge in [0.2, 0.25) is 5.91 Å². The van der Waals surface area contributed by atoms with Crippen molar-refractivity contribution < 1.29 is 4.79 Å². The summed E-state index contributed by atoms with van der Waals surface area (Å²) < 4.78 is 0. The average molecular weight is 342 g/mol. The summed E-state index contributed by atoms with van der Waals surface area (Å²) in [6.07, 6.45) is 0. The van der Waals surface area contributed by atoms with Gasteiger partial charge in [-0.15, -0.1) is 11.8 Å². The topological polar surface area (TPSA) is 29.1 Å². The molecule has 4 heteroatoms. The van der Waals surface area contributed by atoms with Crippen molar-refractivity contribution in [2.24, 2.45) is 0 Å². The number of amides is 1. The van der Waals surface area contributed by atoms with Crippen LogP contribution in [0.4, 0.5) is 5.69 Å². The van der Waals surface area contributed by atoms with Gasteiger partial charge in [0.15, 0.2) is 0 Å². The van der Waals surface area contributed by atoms with Gasteiger partial charge in [-0.1, -0.05) is 41.9 Å². The Morgan fingerprint density at radius 2 is 1.70 bits per heavy atom. The van der Waals surface area contributed by atoms with E-state index in [0.717, 1.165) is 21.4 Å². The number of halogens is 1. The molecule has 0 radical (unpaired) electrons. The van der Waals surface area contributed by atoms with E-state index in [-0.39, 0.29) is 11.2 Å². The normalized spacial score (nSPS) is 12.1. The van der Waals surface area contributed by atoms with Gasteiger partial charge in [0.25, 0.3) is 0 Å². The van der Waals surface area contributed by atoms with Crippen LogP contribution in [0.2, 0.25) is 5.02 Å². The van der Waals surface area contributed by atoms with Gasteiger partial charge in [0, 0.05) is 15.6 Å². The van der Waals surface area contributed by atoms with Gasteiger partial charge in [0.05, 0.1) is 5.25 Å². The van der Waals surface area contributed by atoms with Crippen molar-refractivity contribution >= 4 is 45.7 Å². The van der Waals surface area contributed by atoms with Crippen LogP contribution < -0.4 is 5.32 Å². The third-order valence-electron chi connectivity index (χ3n) is 3.51. The molecule has 0 spiro atoms. The molecule has 0 aromatic heterocycles. The fourth-order valence-electron chi connectivity index (χ4n) is 2.28. The highest BCUT2D eigenvalue weighted by Crippen LogP contribution is 2.26. The molecule has 0 aliphatic rings. The third kappa shape index (κ3) is 4.06. The second-order valence-corrected chi connectivity index (χ2v) is 7.12. The molecule has 0 unspecified atom stereocenters. The first-order chi connectivity index (χ1) is 11.1. The minimum Gasteiger partial charge on any atom is -0.325 e. The van der Waals surface area contributed by atoms with E-state index in [1.54, 1.807) is 0 Å². The molecule has 23 heavy (non-hydrogen) atoms. The third-order valence-corrected chi connectivity index (χ3v) is 4.88. The van der Waals surface area contributed by atoms with Crippen molar-refractivity contribution in [3.05, 3.63) is 71.8 Å². The SMILES string of the molecule is C[C@H](Sc1ccc(Cl)cc1)C(=O)Nc1ccc2ccccc2c1. The Kier molecular flexibility index (Phi) is 4.89. The summed E-state index contributed by atoms with van der Waals surface area (Å²) >= 11 is 7.39. The number of anilines is 1. The number of thioether (sulfide) groups is 1. The summed E-state index contributed by atoms with van der Waals surface area (Å²) in [4.78, 5) is 13.4. The average Bonchev–Trinajstić information content (AvgIpc) is 2.56. The lowest BCUT2D eigenvalue weighted by atomic mass is 10.1. The first kappa shape index (κ1) is 15.9. The smallest absolute Gasteiger partial charge is 0.237 e. The summed E-state index contributed by atoms with van der Waals surface area (Å²) in [6.45, 7) is 1.90. The molecule has 0 aliphatic carbocycles. The Labute approximate surface area is 144 Å². The zero-order valence-corrected chi connectivity index (χ0v) is 14.2. The van der Waals surface area contributed by atoms with Gasteiger partial charge in [-0.3, -0.25) is 4.79 Å². The number of carbonyl (C=O) groups is 1. The van der Waals surface area contributed by atoms with Gasteiger partial charge in [-0.2, -0.15) is 0 Å². The maximum absolute atomic E-state index is 12.4. The summed E-state index contributed by atoms with van der Waals surface area (Å²) in [5.41, 5.74) is 0.817. The highest BCUT2D eigenvalue weighted by Gasteiger charge is 2.14. The fraction of sp³-hybridized carbons (Fsp3) is 0.105. The molecule has 3 rings (SSSR count). The van der Waals surface area contributed by atoms with Crippen LogP contribution in [0.3, 0.4) is 0 Å². The molecule has 0 fully saturated rings. The number of hydrogen-bond acceptors (Lipinski definition) is 2. The van der Waals surface area contributed by atoms with Crippen LogP contribution in [0.15, 0.2) is 71.6 Å². The maximum atomic E-state index is 12.4. The van der Waals surface area contributed by atoms with E-state index in [4.69, 9.17) is 11.6 Å². The van der Waals surface area contributed by atoms with Crippen LogP contribution in [0.25, 0.3) is 10.8 Å². The van der Waals surface area contributed by atoms with Crippen LogP contribution >= 0.6 is 23.4 Å². The van der Waals surface area contributed by atoms with Gasteiger partial charge in [-0.05, 0) is 54.1 Å². The molecule has 1 atom stereocenters. The number of rotatable bonds is 4. The quantitative estimate of drug-likeness (QED) is 0.625. The molecule has 116 valence electrons. The number of fused-ring (bicyclic) bond motifs is 1. The van der Waals surface area contributed by atoms with Gasteiger partial charge in [-0.25, -0.2) is 0 Å². The Hall–Kier alpha value is -1.97. The lowest BCUT2D eigenvalue weighted by Gasteiger charge is -2.12. The number of hydrogen-bond donors (Lipinski definition) is 1. The van der Waals surface area contributed by atoms with Crippen molar-refractivity contribution in [2.45, 2.75) is 17.1 Å². The Bertz CT molecular complexity index is 832. The zero-order valence-electron chi connectivity index (χ0n) is 12.6. The van der Waals surface area contributed by atoms with E-state index < -0.39 is 0 Å². The molecule has 2 nitrogen and oxygen atoms in total. The molecule has 3 aromatic carbocycles. The zero-order chi connectivity index (χ0) is 16.2. The summed E-state index contributed by atoms with van der Waals surface area (Å²) in [5.74, 6) is -0.0137. The molecule has 0 saturated carbocycles. The van der Waals surface area contributed by atoms with E-state index in [1.807, 2.05) is 67.6 Å². The summed E-state index contributed by atoms with van der Waals surface area (Å²) in [7, 11) is 0. The molecular weight excluding hydrogens is 326 g/mol. The predicted molar refractivity (Wildman–Crippen MR) is 99.3 cm³/mol. The van der Waals surface area contributed by atoms with E-state index in [1.165, 1.54) is 11.8 Å². The minimum absolute atomic E-state index is 0.0137. The second kappa shape index (κ2) is 7.07. The van der Waals surface area contributed by atoms with Gasteiger partial charge in [0.1, 0.15) is 0 Å². The van der Waals surface area contributed by atoms with Crippen LogP contribution in [0, 0.1) is 0 Å². The van der Waals surface area contributed by atoms with Gasteiger partial charge >= 0.3 is 0 Å². The minimum atomic E-state index is -0.192. The second-order valence-electron chi connectivity index (χ2n) is 5.27. The van der Waals surface area contributed by atoms with E-state index >= 15 is 0 Å².